The second-order valence-corrected chi connectivity index (χ2v) is 4.88. The molecule has 1 aromatic heterocycles. The van der Waals surface area contributed by atoms with Crippen LogP contribution in [-0.2, 0) is 4.74 Å². The summed E-state index contributed by atoms with van der Waals surface area (Å²) in [6, 6.07) is 0.0320. The Hall–Kier alpha value is -0.530. The standard InChI is InChI=1S/C7H8BrN3O2S/c8-4-2-13-3-5(4)10-7(12)6-1-9-11-14-6/h1,4-5H,2-3H2,(H,10,12). The van der Waals surface area contributed by atoms with Gasteiger partial charge in [-0.15, -0.1) is 5.10 Å². The number of hydrogen-bond donors (Lipinski definition) is 1. The molecule has 1 saturated heterocycles. The van der Waals surface area contributed by atoms with Crippen molar-refractivity contribution in [2.75, 3.05) is 13.2 Å². The number of nitrogens with zero attached hydrogens (tertiary/aromatic N) is 2. The highest BCUT2D eigenvalue weighted by atomic mass is 79.9. The van der Waals surface area contributed by atoms with E-state index in [0.29, 0.717) is 18.1 Å². The predicted molar refractivity (Wildman–Crippen MR) is 54.7 cm³/mol. The Bertz CT molecular complexity index is 319. The number of hydrogen-bond acceptors (Lipinski definition) is 5. The van der Waals surface area contributed by atoms with Gasteiger partial charge in [-0.3, -0.25) is 4.79 Å². The number of alkyl halides is 1. The second-order valence-electron chi connectivity index (χ2n) is 2.92. The normalized spacial score (nSPS) is 26.4. The van der Waals surface area contributed by atoms with Crippen molar-refractivity contribution in [3.05, 3.63) is 11.1 Å². The average Bonchev–Trinajstić information content (AvgIpc) is 2.77. The number of ether oxygens (including phenoxy) is 1. The maximum Gasteiger partial charge on any atom is 0.264 e. The lowest BCUT2D eigenvalue weighted by Gasteiger charge is -2.12. The van der Waals surface area contributed by atoms with Crippen molar-refractivity contribution in [2.45, 2.75) is 10.9 Å². The molecule has 0 aromatic carbocycles. The van der Waals surface area contributed by atoms with Crippen LogP contribution in [0.3, 0.4) is 0 Å². The molecule has 0 saturated carbocycles. The third-order valence-electron chi connectivity index (χ3n) is 1.91. The summed E-state index contributed by atoms with van der Waals surface area (Å²) in [5.41, 5.74) is 0. The SMILES string of the molecule is O=C(NC1COCC1Br)c1cnns1. The highest BCUT2D eigenvalue weighted by Crippen LogP contribution is 2.15. The second kappa shape index (κ2) is 4.33. The zero-order chi connectivity index (χ0) is 9.97. The highest BCUT2D eigenvalue weighted by molar-refractivity contribution is 9.09. The number of aromatic nitrogens is 2. The molecule has 7 heteroatoms. The fourth-order valence-corrected chi connectivity index (χ4v) is 2.06. The first kappa shape index (κ1) is 10.0. The Balaban J connectivity index is 1.95. The molecule has 0 spiro atoms. The first-order chi connectivity index (χ1) is 6.77. The van der Waals surface area contributed by atoms with Crippen LogP contribution < -0.4 is 5.32 Å². The van der Waals surface area contributed by atoms with Crippen LogP contribution in [0.4, 0.5) is 0 Å². The van der Waals surface area contributed by atoms with Crippen LogP contribution in [0.15, 0.2) is 6.20 Å². The van der Waals surface area contributed by atoms with Gasteiger partial charge >= 0.3 is 0 Å². The van der Waals surface area contributed by atoms with Gasteiger partial charge in [0.15, 0.2) is 0 Å². The summed E-state index contributed by atoms with van der Waals surface area (Å²) in [5.74, 6) is -0.139. The summed E-state index contributed by atoms with van der Waals surface area (Å²) in [6.45, 7) is 1.18. The van der Waals surface area contributed by atoms with Crippen LogP contribution in [0.25, 0.3) is 0 Å². The predicted octanol–water partition coefficient (Wildman–Crippen LogP) is 0.430. The first-order valence-corrected chi connectivity index (χ1v) is 5.76. The fraction of sp³-hybridized carbons (Fsp3) is 0.571. The molecule has 1 N–H and O–H groups in total. The Morgan fingerprint density at radius 1 is 1.71 bits per heavy atom. The summed E-state index contributed by atoms with van der Waals surface area (Å²) in [5, 5.41) is 6.45. The molecule has 1 amide bonds. The van der Waals surface area contributed by atoms with Crippen LogP contribution in [0.1, 0.15) is 9.67 Å². The topological polar surface area (TPSA) is 64.1 Å². The molecule has 1 fully saturated rings. The van der Waals surface area contributed by atoms with Crippen molar-refractivity contribution >= 4 is 33.4 Å². The van der Waals surface area contributed by atoms with Crippen LogP contribution in [-0.4, -0.2) is 39.6 Å². The van der Waals surface area contributed by atoms with E-state index in [0.717, 1.165) is 11.5 Å². The minimum atomic E-state index is -0.139. The smallest absolute Gasteiger partial charge is 0.264 e. The molecule has 1 aromatic rings. The van der Waals surface area contributed by atoms with Gasteiger partial charge in [0.2, 0.25) is 0 Å². The minimum absolute atomic E-state index is 0.0320. The third-order valence-corrected chi connectivity index (χ3v) is 3.48. The van der Waals surface area contributed by atoms with E-state index in [1.165, 1.54) is 6.20 Å². The summed E-state index contributed by atoms with van der Waals surface area (Å²) in [4.78, 5) is 12.3. The number of amides is 1. The summed E-state index contributed by atoms with van der Waals surface area (Å²) in [6.07, 6.45) is 1.46. The van der Waals surface area contributed by atoms with E-state index in [1.807, 2.05) is 0 Å². The molecule has 2 unspecified atom stereocenters. The molecular formula is C7H8BrN3O2S. The Kier molecular flexibility index (Phi) is 3.09. The molecular weight excluding hydrogens is 270 g/mol. The number of carbonyl (C=O) groups is 1. The zero-order valence-corrected chi connectivity index (χ0v) is 9.55. The van der Waals surface area contributed by atoms with Crippen LogP contribution in [0, 0.1) is 0 Å². The van der Waals surface area contributed by atoms with Crippen LogP contribution in [0.5, 0.6) is 0 Å². The molecule has 2 rings (SSSR count). The van der Waals surface area contributed by atoms with E-state index in [2.05, 4.69) is 30.8 Å². The van der Waals surface area contributed by atoms with Gasteiger partial charge in [0, 0.05) is 0 Å². The van der Waals surface area contributed by atoms with Gasteiger partial charge in [-0.25, -0.2) is 0 Å². The molecule has 1 aliphatic rings. The van der Waals surface area contributed by atoms with E-state index in [9.17, 15) is 4.79 Å². The average molecular weight is 278 g/mol. The van der Waals surface area contributed by atoms with E-state index in [1.54, 1.807) is 0 Å². The monoisotopic (exact) mass is 277 g/mol. The minimum Gasteiger partial charge on any atom is -0.378 e. The van der Waals surface area contributed by atoms with Gasteiger partial charge < -0.3 is 10.1 Å². The Labute approximate surface area is 93.1 Å². The molecule has 0 aliphatic carbocycles. The Morgan fingerprint density at radius 2 is 2.57 bits per heavy atom. The molecule has 0 bridgehead atoms. The number of halogens is 1. The van der Waals surface area contributed by atoms with Crippen LogP contribution in [0.2, 0.25) is 0 Å². The number of nitrogens with one attached hydrogen (secondary N) is 1. The third kappa shape index (κ3) is 2.10. The molecule has 76 valence electrons. The molecule has 14 heavy (non-hydrogen) atoms. The summed E-state index contributed by atoms with van der Waals surface area (Å²) in [7, 11) is 0. The first-order valence-electron chi connectivity index (χ1n) is 4.07. The van der Waals surface area contributed by atoms with Gasteiger partial charge in [0.05, 0.1) is 30.3 Å². The van der Waals surface area contributed by atoms with Crippen molar-refractivity contribution in [3.63, 3.8) is 0 Å². The van der Waals surface area contributed by atoms with E-state index in [-0.39, 0.29) is 16.8 Å². The Morgan fingerprint density at radius 3 is 3.14 bits per heavy atom. The largest absolute Gasteiger partial charge is 0.378 e. The van der Waals surface area contributed by atoms with Gasteiger partial charge in [0.1, 0.15) is 4.88 Å². The molecule has 2 atom stereocenters. The van der Waals surface area contributed by atoms with Gasteiger partial charge in [-0.1, -0.05) is 20.4 Å². The molecule has 0 radical (unpaired) electrons. The van der Waals surface area contributed by atoms with E-state index < -0.39 is 0 Å². The van der Waals surface area contributed by atoms with Gasteiger partial charge in [0.25, 0.3) is 5.91 Å². The lowest BCUT2D eigenvalue weighted by atomic mass is 10.2. The van der Waals surface area contributed by atoms with Gasteiger partial charge in [-0.2, -0.15) is 0 Å². The van der Waals surface area contributed by atoms with Crippen molar-refractivity contribution in [1.29, 1.82) is 0 Å². The number of rotatable bonds is 2. The summed E-state index contributed by atoms with van der Waals surface area (Å²) >= 11 is 4.52. The molecule has 5 nitrogen and oxygen atoms in total. The van der Waals surface area contributed by atoms with Gasteiger partial charge in [-0.05, 0) is 11.5 Å². The molecule has 1 aliphatic heterocycles. The lowest BCUT2D eigenvalue weighted by molar-refractivity contribution is 0.0934. The maximum atomic E-state index is 11.6. The van der Waals surface area contributed by atoms with E-state index >= 15 is 0 Å². The highest BCUT2D eigenvalue weighted by Gasteiger charge is 2.27. The quantitative estimate of drug-likeness (QED) is 0.797. The summed E-state index contributed by atoms with van der Waals surface area (Å²) < 4.78 is 8.82. The zero-order valence-electron chi connectivity index (χ0n) is 7.14. The van der Waals surface area contributed by atoms with Crippen molar-refractivity contribution < 1.29 is 9.53 Å². The van der Waals surface area contributed by atoms with Crippen LogP contribution >= 0.6 is 27.5 Å². The van der Waals surface area contributed by atoms with Crippen molar-refractivity contribution in [2.24, 2.45) is 0 Å². The number of carbonyl (C=O) groups excluding carboxylic acids is 1. The van der Waals surface area contributed by atoms with Crippen molar-refractivity contribution in [1.82, 2.24) is 14.9 Å². The fourth-order valence-electron chi connectivity index (χ4n) is 1.17. The lowest BCUT2D eigenvalue weighted by Crippen LogP contribution is -2.39. The van der Waals surface area contributed by atoms with Crippen molar-refractivity contribution in [3.8, 4) is 0 Å². The molecule has 2 heterocycles. The maximum absolute atomic E-state index is 11.6. The van der Waals surface area contributed by atoms with E-state index in [4.69, 9.17) is 4.74 Å².